The minimum absolute atomic E-state index is 0.274. The van der Waals surface area contributed by atoms with Gasteiger partial charge < -0.3 is 4.74 Å². The Hall–Kier alpha value is -0.300. The number of hydrogen-bond acceptors (Lipinski definition) is 1. The van der Waals surface area contributed by atoms with Crippen LogP contribution in [0.15, 0.2) is 11.6 Å². The summed E-state index contributed by atoms with van der Waals surface area (Å²) in [5, 5.41) is 0. The molecule has 0 aromatic carbocycles. The highest BCUT2D eigenvalue weighted by Gasteiger charge is 2.68. The van der Waals surface area contributed by atoms with Gasteiger partial charge in [0, 0.05) is 7.11 Å². The molecule has 0 aromatic rings. The largest absolute Gasteiger partial charge is 0.381 e. The summed E-state index contributed by atoms with van der Waals surface area (Å²) in [6, 6.07) is 0. The van der Waals surface area contributed by atoms with E-state index >= 15 is 0 Å². The van der Waals surface area contributed by atoms with Crippen LogP contribution in [0.25, 0.3) is 0 Å². The molecule has 5 aliphatic rings. The standard InChI is InChI=1S/C31H52O/c1-20(2)21-10-13-25-29(21,6)18-19-30(7)23-11-12-24-27(3,4)26(32-9)15-16-28(24,5)22(23)14-17-31(25,30)8/h14,20-21,23-26H,10-13,15-19H2,1-9H3/t21-,23+,24+,25-,26+,28+,29-,30+,31+/m1/s1. The first-order chi connectivity index (χ1) is 14.9. The minimum atomic E-state index is 0.274. The van der Waals surface area contributed by atoms with Crippen LogP contribution in [-0.2, 0) is 4.74 Å². The fourth-order valence-electron chi connectivity index (χ4n) is 11.7. The average molecular weight is 441 g/mol. The van der Waals surface area contributed by atoms with Crippen molar-refractivity contribution >= 4 is 0 Å². The van der Waals surface area contributed by atoms with E-state index in [2.05, 4.69) is 61.5 Å². The van der Waals surface area contributed by atoms with Gasteiger partial charge in [0.2, 0.25) is 0 Å². The molecule has 9 atom stereocenters. The quantitative estimate of drug-likeness (QED) is 0.390. The molecule has 0 aromatic heterocycles. The summed E-state index contributed by atoms with van der Waals surface area (Å²) in [6.07, 6.45) is 15.8. The number of rotatable bonds is 2. The molecule has 0 spiro atoms. The Bertz CT molecular complexity index is 792. The molecular weight excluding hydrogens is 388 g/mol. The molecule has 1 nitrogen and oxygen atoms in total. The molecule has 0 N–H and O–H groups in total. The van der Waals surface area contributed by atoms with Crippen molar-refractivity contribution in [1.29, 1.82) is 0 Å². The van der Waals surface area contributed by atoms with E-state index in [4.69, 9.17) is 4.74 Å². The molecule has 4 fully saturated rings. The topological polar surface area (TPSA) is 9.23 Å². The van der Waals surface area contributed by atoms with Gasteiger partial charge in [0.05, 0.1) is 6.10 Å². The first-order valence-corrected chi connectivity index (χ1v) is 14.1. The summed E-state index contributed by atoms with van der Waals surface area (Å²) in [5.74, 6) is 4.23. The van der Waals surface area contributed by atoms with Crippen LogP contribution in [0.2, 0.25) is 0 Å². The molecule has 0 bridgehead atoms. The van der Waals surface area contributed by atoms with Crippen LogP contribution < -0.4 is 0 Å². The summed E-state index contributed by atoms with van der Waals surface area (Å²) in [6.45, 7) is 20.9. The molecule has 0 unspecified atom stereocenters. The highest BCUT2D eigenvalue weighted by molar-refractivity contribution is 5.33. The van der Waals surface area contributed by atoms with Crippen LogP contribution in [0.1, 0.15) is 113 Å². The van der Waals surface area contributed by atoms with Crippen molar-refractivity contribution in [2.75, 3.05) is 7.11 Å². The van der Waals surface area contributed by atoms with Crippen molar-refractivity contribution in [2.45, 2.75) is 119 Å². The van der Waals surface area contributed by atoms with Crippen molar-refractivity contribution < 1.29 is 4.74 Å². The lowest BCUT2D eigenvalue weighted by Gasteiger charge is -2.69. The van der Waals surface area contributed by atoms with E-state index in [-0.39, 0.29) is 5.41 Å². The molecule has 0 amide bonds. The summed E-state index contributed by atoms with van der Waals surface area (Å²) in [5.41, 5.74) is 4.05. The monoisotopic (exact) mass is 440 g/mol. The van der Waals surface area contributed by atoms with Crippen LogP contribution in [-0.4, -0.2) is 13.2 Å². The van der Waals surface area contributed by atoms with E-state index in [1.165, 1.54) is 57.8 Å². The fraction of sp³-hybridized carbons (Fsp3) is 0.935. The molecule has 0 aliphatic heterocycles. The zero-order valence-electron chi connectivity index (χ0n) is 22.8. The van der Waals surface area contributed by atoms with Crippen molar-refractivity contribution in [1.82, 2.24) is 0 Å². The Kier molecular flexibility index (Phi) is 5.21. The SMILES string of the molecule is CO[C@H]1CC[C@@]2(C)C3=CC[C@@]4(C)[C@@H]5CC[C@H](C(C)C)[C@@]5(C)CC[C@@]4(C)[C@H]3CC[C@H]2C1(C)C. The number of fused-ring (bicyclic) bond motifs is 7. The zero-order valence-corrected chi connectivity index (χ0v) is 22.8. The first kappa shape index (κ1) is 23.4. The Balaban J connectivity index is 1.54. The van der Waals surface area contributed by atoms with Gasteiger partial charge in [0.15, 0.2) is 0 Å². The van der Waals surface area contributed by atoms with Gasteiger partial charge in [-0.05, 0) is 114 Å². The Morgan fingerprint density at radius 1 is 0.812 bits per heavy atom. The maximum atomic E-state index is 6.03. The maximum absolute atomic E-state index is 6.03. The smallest absolute Gasteiger partial charge is 0.0625 e. The minimum Gasteiger partial charge on any atom is -0.381 e. The summed E-state index contributed by atoms with van der Waals surface area (Å²) >= 11 is 0. The number of allylic oxidation sites excluding steroid dienone is 2. The Morgan fingerprint density at radius 2 is 1.50 bits per heavy atom. The maximum Gasteiger partial charge on any atom is 0.0625 e. The van der Waals surface area contributed by atoms with Crippen LogP contribution in [0, 0.1) is 56.7 Å². The van der Waals surface area contributed by atoms with E-state index < -0.39 is 0 Å². The second kappa shape index (κ2) is 7.11. The molecule has 182 valence electrons. The number of ether oxygens (including phenoxy) is 1. The second-order valence-corrected chi connectivity index (χ2v) is 14.9. The van der Waals surface area contributed by atoms with Crippen molar-refractivity contribution in [2.24, 2.45) is 56.7 Å². The number of methoxy groups -OCH3 is 1. The molecule has 5 aliphatic carbocycles. The van der Waals surface area contributed by atoms with Crippen LogP contribution >= 0.6 is 0 Å². The molecule has 0 saturated heterocycles. The normalized spacial score (nSPS) is 54.3. The summed E-state index contributed by atoms with van der Waals surface area (Å²) in [4.78, 5) is 0. The van der Waals surface area contributed by atoms with Gasteiger partial charge in [-0.25, -0.2) is 0 Å². The third-order valence-electron chi connectivity index (χ3n) is 13.5. The Labute approximate surface area is 199 Å². The molecule has 5 rings (SSSR count). The molecule has 0 radical (unpaired) electrons. The van der Waals surface area contributed by atoms with Crippen molar-refractivity contribution in [3.63, 3.8) is 0 Å². The molecule has 1 heteroatoms. The lowest BCUT2D eigenvalue weighted by Crippen LogP contribution is -2.62. The van der Waals surface area contributed by atoms with E-state index in [1.807, 2.05) is 12.7 Å². The van der Waals surface area contributed by atoms with Crippen molar-refractivity contribution in [3.8, 4) is 0 Å². The van der Waals surface area contributed by atoms with E-state index in [9.17, 15) is 0 Å². The fourth-order valence-corrected chi connectivity index (χ4v) is 11.7. The zero-order chi connectivity index (χ0) is 23.3. The van der Waals surface area contributed by atoms with Crippen LogP contribution in [0.3, 0.4) is 0 Å². The molecule has 32 heavy (non-hydrogen) atoms. The van der Waals surface area contributed by atoms with Crippen LogP contribution in [0.5, 0.6) is 0 Å². The predicted molar refractivity (Wildman–Crippen MR) is 135 cm³/mol. The highest BCUT2D eigenvalue weighted by atomic mass is 16.5. The van der Waals surface area contributed by atoms with Gasteiger partial charge in [-0.15, -0.1) is 0 Å². The van der Waals surface area contributed by atoms with Gasteiger partial charge in [-0.1, -0.05) is 67.0 Å². The van der Waals surface area contributed by atoms with Gasteiger partial charge in [0.25, 0.3) is 0 Å². The van der Waals surface area contributed by atoms with E-state index in [1.54, 1.807) is 0 Å². The highest BCUT2D eigenvalue weighted by Crippen LogP contribution is 2.76. The third kappa shape index (κ3) is 2.67. The number of hydrogen-bond donors (Lipinski definition) is 0. The molecule has 0 heterocycles. The molecular formula is C31H52O. The van der Waals surface area contributed by atoms with E-state index in [0.717, 1.165) is 29.6 Å². The first-order valence-electron chi connectivity index (χ1n) is 14.1. The average Bonchev–Trinajstić information content (AvgIpc) is 3.08. The van der Waals surface area contributed by atoms with Gasteiger partial charge in [-0.3, -0.25) is 0 Å². The third-order valence-corrected chi connectivity index (χ3v) is 13.5. The lowest BCUT2D eigenvalue weighted by atomic mass is 9.35. The van der Waals surface area contributed by atoms with Gasteiger partial charge >= 0.3 is 0 Å². The summed E-state index contributed by atoms with van der Waals surface area (Å²) < 4.78 is 6.03. The van der Waals surface area contributed by atoms with Crippen molar-refractivity contribution in [3.05, 3.63) is 11.6 Å². The predicted octanol–water partition coefficient (Wildman–Crippen LogP) is 8.68. The van der Waals surface area contributed by atoms with Crippen LogP contribution in [0.4, 0.5) is 0 Å². The second-order valence-electron chi connectivity index (χ2n) is 14.9. The summed E-state index contributed by atoms with van der Waals surface area (Å²) in [7, 11) is 1.94. The molecule has 4 saturated carbocycles. The Morgan fingerprint density at radius 3 is 2.16 bits per heavy atom. The van der Waals surface area contributed by atoms with Gasteiger partial charge in [-0.2, -0.15) is 0 Å². The van der Waals surface area contributed by atoms with Gasteiger partial charge in [0.1, 0.15) is 0 Å². The lowest BCUT2D eigenvalue weighted by molar-refractivity contribution is -0.168. The van der Waals surface area contributed by atoms with E-state index in [0.29, 0.717) is 27.8 Å².